The van der Waals surface area contributed by atoms with E-state index in [-0.39, 0.29) is 75.2 Å². The van der Waals surface area contributed by atoms with E-state index in [4.69, 9.17) is 112 Å². The molecule has 0 spiro atoms. The van der Waals surface area contributed by atoms with Crippen LogP contribution in [0.5, 0.6) is 28.7 Å². The van der Waals surface area contributed by atoms with E-state index in [9.17, 15) is 14.4 Å². The standard InChI is InChI=1S/C63H76Cl6N4O14Si2/c1-60(2,3)88(10,11)86-56-48-27-41(39-19-17-38(35-74)18-20-39)33-70(48)54(75)44-29-50(80-8)52(31-46(44)72(56)58(77)84-36-62(64,65)66)82-25-15-14-16-26-83-53-32-47-45(30-51(53)81-9)55(76)71-34-42(40-21-23-43(79-7)24-22-40)28-49(71)57(87-89(12,13)61(4,5)6)73(47)59(78)85-37-63(67,68)69/h17-24,29-35,48-49,56-57H,14-16,25-28,36-37H2,1-13H3/t48-,49-,56?,57?/m0/s1. The quantitative estimate of drug-likeness (QED) is 0.0353. The van der Waals surface area contributed by atoms with E-state index in [1.165, 1.54) is 30.1 Å². The predicted octanol–water partition coefficient (Wildman–Crippen LogP) is 16.0. The summed E-state index contributed by atoms with van der Waals surface area (Å²) in [6, 6.07) is 19.2. The Kier molecular flexibility index (Phi) is 21.4. The van der Waals surface area contributed by atoms with Gasteiger partial charge in [0.05, 0.1) is 69.1 Å². The van der Waals surface area contributed by atoms with Crippen LogP contribution in [0, 0.1) is 0 Å². The summed E-state index contributed by atoms with van der Waals surface area (Å²) in [6.07, 6.45) is 2.38. The number of amides is 4. The molecule has 8 rings (SSSR count). The number of ether oxygens (including phenoxy) is 7. The second-order valence-electron chi connectivity index (χ2n) is 25.2. The van der Waals surface area contributed by atoms with Crippen molar-refractivity contribution in [3.05, 3.63) is 113 Å². The summed E-state index contributed by atoms with van der Waals surface area (Å²) in [6.45, 7) is 19.7. The van der Waals surface area contributed by atoms with Crippen LogP contribution < -0.4 is 33.5 Å². The van der Waals surface area contributed by atoms with Gasteiger partial charge >= 0.3 is 12.2 Å². The van der Waals surface area contributed by atoms with Gasteiger partial charge < -0.3 is 51.8 Å². The fourth-order valence-electron chi connectivity index (χ4n) is 10.2. The van der Waals surface area contributed by atoms with Gasteiger partial charge in [-0.15, -0.1) is 0 Å². The SMILES string of the molecule is COc1ccc(C2=CN3C(=O)c4cc(OC)c(OCCCCCOc5cc6c(cc5OC)C(=O)N5C=C(c7ccc(C=O)cc7)C[C@H]5C(O[Si](C)(C)C(C)(C)C)N6C(=O)OCC(Cl)(Cl)Cl)cc4N(C(=O)OCC(Cl)(Cl)Cl)C(O[Si](C)(C)C(C)(C)C)[C@@H]3C2)cc1. The van der Waals surface area contributed by atoms with Gasteiger partial charge in [0.1, 0.15) is 25.2 Å². The van der Waals surface area contributed by atoms with E-state index in [0.29, 0.717) is 37.0 Å². The average Bonchev–Trinajstić information content (AvgIpc) is 1.63. The van der Waals surface area contributed by atoms with E-state index >= 15 is 9.59 Å². The molecule has 4 amide bonds. The normalized spacial score (nSPS) is 18.8. The van der Waals surface area contributed by atoms with Gasteiger partial charge in [-0.1, -0.05) is 148 Å². The average molecular weight is 1380 g/mol. The zero-order valence-electron chi connectivity index (χ0n) is 52.1. The number of carbonyl (C=O) groups excluding carboxylic acids is 5. The zero-order chi connectivity index (χ0) is 65.3. The van der Waals surface area contributed by atoms with Crippen LogP contribution in [-0.2, 0) is 18.3 Å². The summed E-state index contributed by atoms with van der Waals surface area (Å²) in [7, 11) is -1.08. The number of halogens is 6. The van der Waals surface area contributed by atoms with Gasteiger partial charge in [-0.3, -0.25) is 14.4 Å². The van der Waals surface area contributed by atoms with Gasteiger partial charge in [-0.25, -0.2) is 19.4 Å². The third-order valence-electron chi connectivity index (χ3n) is 17.1. The third-order valence-corrected chi connectivity index (χ3v) is 26.6. The highest BCUT2D eigenvalue weighted by Crippen LogP contribution is 2.50. The Balaban J connectivity index is 1.07. The summed E-state index contributed by atoms with van der Waals surface area (Å²) in [5.74, 6) is 0.696. The largest absolute Gasteiger partial charge is 0.497 e. The summed E-state index contributed by atoms with van der Waals surface area (Å²) >= 11 is 36.9. The molecule has 0 radical (unpaired) electrons. The summed E-state index contributed by atoms with van der Waals surface area (Å²) in [5, 5.41) is -0.697. The Hall–Kier alpha value is -5.40. The molecular formula is C63H76Cl6N4O14Si2. The van der Waals surface area contributed by atoms with Crippen LogP contribution in [0.15, 0.2) is 85.2 Å². The van der Waals surface area contributed by atoms with Crippen LogP contribution in [0.2, 0.25) is 36.3 Å². The first-order valence-electron chi connectivity index (χ1n) is 29.0. The first kappa shape index (κ1) is 69.5. The first-order chi connectivity index (χ1) is 41.6. The Labute approximate surface area is 552 Å². The number of carbonyl (C=O) groups is 5. The molecule has 0 aliphatic carbocycles. The lowest BCUT2D eigenvalue weighted by Gasteiger charge is -2.44. The third kappa shape index (κ3) is 15.7. The molecule has 18 nitrogen and oxygen atoms in total. The molecule has 0 N–H and O–H groups in total. The highest BCUT2D eigenvalue weighted by Gasteiger charge is 2.53. The van der Waals surface area contributed by atoms with Crippen LogP contribution in [0.4, 0.5) is 21.0 Å². The molecule has 0 aromatic heterocycles. The molecule has 4 aromatic carbocycles. The maximum absolute atomic E-state index is 15.1. The van der Waals surface area contributed by atoms with E-state index in [2.05, 4.69) is 54.6 Å². The van der Waals surface area contributed by atoms with Crippen molar-refractivity contribution in [3.8, 4) is 28.7 Å². The number of hydrogen-bond acceptors (Lipinski definition) is 14. The van der Waals surface area contributed by atoms with Crippen LogP contribution >= 0.6 is 69.6 Å². The van der Waals surface area contributed by atoms with E-state index in [0.717, 1.165) is 28.6 Å². The van der Waals surface area contributed by atoms with Crippen molar-refractivity contribution in [2.45, 2.75) is 142 Å². The van der Waals surface area contributed by atoms with Crippen molar-refractivity contribution in [1.82, 2.24) is 9.80 Å². The number of fused-ring (bicyclic) bond motifs is 4. The molecule has 26 heteroatoms. The molecule has 4 aromatic rings. The number of aldehydes is 1. The lowest BCUT2D eigenvalue weighted by atomic mass is 10.0. The number of unbranched alkanes of at least 4 members (excludes halogenated alkanes) is 2. The van der Waals surface area contributed by atoms with Crippen molar-refractivity contribution < 1.29 is 66.0 Å². The van der Waals surface area contributed by atoms with Crippen molar-refractivity contribution in [2.24, 2.45) is 0 Å². The van der Waals surface area contributed by atoms with Crippen molar-refractivity contribution in [3.63, 3.8) is 0 Å². The van der Waals surface area contributed by atoms with Crippen LogP contribution in [0.25, 0.3) is 11.1 Å². The Morgan fingerprint density at radius 2 is 0.933 bits per heavy atom. The van der Waals surface area contributed by atoms with Gasteiger partial charge in [0.2, 0.25) is 7.59 Å². The maximum Gasteiger partial charge on any atom is 0.416 e. The van der Waals surface area contributed by atoms with Gasteiger partial charge in [0, 0.05) is 30.1 Å². The van der Waals surface area contributed by atoms with E-state index in [1.807, 2.05) is 49.5 Å². The van der Waals surface area contributed by atoms with Gasteiger partial charge in [0.15, 0.2) is 52.1 Å². The van der Waals surface area contributed by atoms with Crippen LogP contribution in [0.3, 0.4) is 0 Å². The Morgan fingerprint density at radius 1 is 0.551 bits per heavy atom. The summed E-state index contributed by atoms with van der Waals surface area (Å²) in [4.78, 5) is 77.0. The summed E-state index contributed by atoms with van der Waals surface area (Å²) < 4.78 is 52.0. The minimum absolute atomic E-state index is 0.0902. The highest BCUT2D eigenvalue weighted by molar-refractivity contribution is 6.74. The van der Waals surface area contributed by atoms with Gasteiger partial charge in [0.25, 0.3) is 11.8 Å². The Morgan fingerprint density at radius 3 is 1.27 bits per heavy atom. The van der Waals surface area contributed by atoms with Crippen molar-refractivity contribution >= 4 is 139 Å². The van der Waals surface area contributed by atoms with Crippen molar-refractivity contribution in [2.75, 3.05) is 57.6 Å². The molecular weight excluding hydrogens is 1310 g/mol. The first-order valence-corrected chi connectivity index (χ1v) is 37.1. The van der Waals surface area contributed by atoms with Gasteiger partial charge in [-0.05, 0) is 115 Å². The molecule has 0 saturated carbocycles. The molecule has 89 heavy (non-hydrogen) atoms. The summed E-state index contributed by atoms with van der Waals surface area (Å²) in [5.41, 5.74) is 4.19. The number of methoxy groups -OCH3 is 3. The second kappa shape index (κ2) is 27.4. The lowest BCUT2D eigenvalue weighted by Crippen LogP contribution is -2.58. The monoisotopic (exact) mass is 1380 g/mol. The molecule has 4 atom stereocenters. The smallest absolute Gasteiger partial charge is 0.416 e. The molecule has 4 heterocycles. The topological polar surface area (TPSA) is 181 Å². The highest BCUT2D eigenvalue weighted by atomic mass is 35.6. The lowest BCUT2D eigenvalue weighted by molar-refractivity contribution is 0.0584. The molecule has 482 valence electrons. The van der Waals surface area contributed by atoms with Gasteiger partial charge in [-0.2, -0.15) is 0 Å². The molecule has 0 bridgehead atoms. The Bertz CT molecular complexity index is 3360. The number of hydrogen-bond donors (Lipinski definition) is 0. The van der Waals surface area contributed by atoms with Crippen LogP contribution in [-0.4, -0.2) is 137 Å². The fraction of sp³-hybridized carbons (Fsp3) is 0.476. The number of anilines is 2. The minimum atomic E-state index is -2.80. The zero-order valence-corrected chi connectivity index (χ0v) is 58.6. The van der Waals surface area contributed by atoms with Crippen molar-refractivity contribution in [1.29, 1.82) is 0 Å². The second-order valence-corrected chi connectivity index (χ2v) is 39.7. The molecule has 2 unspecified atom stereocenters. The minimum Gasteiger partial charge on any atom is -0.497 e. The molecule has 0 fully saturated rings. The molecule has 0 saturated heterocycles. The maximum atomic E-state index is 15.1. The number of benzene rings is 4. The number of nitrogens with zero attached hydrogens (tertiary/aromatic N) is 4. The molecule has 4 aliphatic heterocycles. The fourth-order valence-corrected chi connectivity index (χ4v) is 13.0. The predicted molar refractivity (Wildman–Crippen MR) is 353 cm³/mol. The number of alkyl halides is 6. The van der Waals surface area contributed by atoms with E-state index < -0.39 is 86.0 Å². The molecule has 4 aliphatic rings. The number of rotatable bonds is 20. The van der Waals surface area contributed by atoms with E-state index in [1.54, 1.807) is 59.6 Å². The van der Waals surface area contributed by atoms with Crippen LogP contribution in [0.1, 0.15) is 116 Å².